The standard InChI is InChI=1S/C18H12N4O2/c1-2-16-17(24-11-23-16)7-13(1)15-9-21-22-10-14(8-20-18(15)22)12-3-5-19-6-4-12/h1-10H,11H2. The first-order valence-electron chi connectivity index (χ1n) is 7.52. The van der Waals surface area contributed by atoms with Gasteiger partial charge < -0.3 is 9.47 Å². The van der Waals surface area contributed by atoms with Crippen LogP contribution in [0.4, 0.5) is 0 Å². The Morgan fingerprint density at radius 3 is 2.67 bits per heavy atom. The van der Waals surface area contributed by atoms with E-state index < -0.39 is 0 Å². The predicted molar refractivity (Wildman–Crippen MR) is 87.8 cm³/mol. The topological polar surface area (TPSA) is 61.5 Å². The first-order chi connectivity index (χ1) is 11.9. The molecule has 5 rings (SSSR count). The summed E-state index contributed by atoms with van der Waals surface area (Å²) in [6.07, 6.45) is 9.16. The molecule has 116 valence electrons. The number of hydrogen-bond donors (Lipinski definition) is 0. The highest BCUT2D eigenvalue weighted by molar-refractivity contribution is 5.79. The summed E-state index contributed by atoms with van der Waals surface area (Å²) in [5, 5.41) is 4.44. The summed E-state index contributed by atoms with van der Waals surface area (Å²) in [7, 11) is 0. The molecule has 0 radical (unpaired) electrons. The minimum atomic E-state index is 0.265. The molecule has 0 N–H and O–H groups in total. The third-order valence-electron chi connectivity index (χ3n) is 4.05. The van der Waals surface area contributed by atoms with Crippen molar-refractivity contribution >= 4 is 5.65 Å². The van der Waals surface area contributed by atoms with Crippen molar-refractivity contribution in [1.82, 2.24) is 19.6 Å². The van der Waals surface area contributed by atoms with Gasteiger partial charge in [-0.15, -0.1) is 0 Å². The fraction of sp³-hybridized carbons (Fsp3) is 0.0556. The van der Waals surface area contributed by atoms with Crippen LogP contribution in [0.15, 0.2) is 61.3 Å². The van der Waals surface area contributed by atoms with Gasteiger partial charge in [0.15, 0.2) is 17.1 Å². The number of pyridine rings is 1. The number of aromatic nitrogens is 4. The number of nitrogens with zero attached hydrogens (tertiary/aromatic N) is 4. The molecule has 4 aromatic rings. The lowest BCUT2D eigenvalue weighted by atomic mass is 10.1. The highest BCUT2D eigenvalue weighted by Gasteiger charge is 2.16. The van der Waals surface area contributed by atoms with Gasteiger partial charge in [0, 0.05) is 35.9 Å². The average Bonchev–Trinajstić information content (AvgIpc) is 3.27. The Bertz CT molecular complexity index is 1040. The van der Waals surface area contributed by atoms with E-state index in [-0.39, 0.29) is 6.79 Å². The Morgan fingerprint density at radius 1 is 0.875 bits per heavy atom. The van der Waals surface area contributed by atoms with Gasteiger partial charge in [0.05, 0.1) is 6.20 Å². The molecule has 0 saturated heterocycles. The third kappa shape index (κ3) is 2.00. The van der Waals surface area contributed by atoms with E-state index >= 15 is 0 Å². The molecule has 24 heavy (non-hydrogen) atoms. The van der Waals surface area contributed by atoms with Gasteiger partial charge in [-0.05, 0) is 35.4 Å². The Kier molecular flexibility index (Phi) is 2.75. The number of fused-ring (bicyclic) bond motifs is 2. The molecule has 1 aliphatic heterocycles. The van der Waals surface area contributed by atoms with E-state index in [9.17, 15) is 0 Å². The largest absolute Gasteiger partial charge is 0.454 e. The minimum Gasteiger partial charge on any atom is -0.454 e. The molecular weight excluding hydrogens is 304 g/mol. The number of rotatable bonds is 2. The van der Waals surface area contributed by atoms with Gasteiger partial charge in [-0.3, -0.25) is 4.98 Å². The molecule has 3 aromatic heterocycles. The molecule has 0 unspecified atom stereocenters. The third-order valence-corrected chi connectivity index (χ3v) is 4.05. The van der Waals surface area contributed by atoms with Crippen molar-refractivity contribution in [2.24, 2.45) is 0 Å². The fourth-order valence-electron chi connectivity index (χ4n) is 2.84. The van der Waals surface area contributed by atoms with E-state index in [4.69, 9.17) is 9.47 Å². The second-order valence-electron chi connectivity index (χ2n) is 5.47. The molecule has 6 nitrogen and oxygen atoms in total. The van der Waals surface area contributed by atoms with E-state index in [2.05, 4.69) is 15.1 Å². The highest BCUT2D eigenvalue weighted by Crippen LogP contribution is 2.36. The van der Waals surface area contributed by atoms with Gasteiger partial charge in [0.25, 0.3) is 0 Å². The van der Waals surface area contributed by atoms with Gasteiger partial charge in [-0.2, -0.15) is 5.10 Å². The summed E-state index contributed by atoms with van der Waals surface area (Å²) in [4.78, 5) is 8.64. The van der Waals surface area contributed by atoms with Crippen molar-refractivity contribution in [2.45, 2.75) is 0 Å². The maximum Gasteiger partial charge on any atom is 0.231 e. The Hall–Kier alpha value is -3.41. The summed E-state index contributed by atoms with van der Waals surface area (Å²) in [6, 6.07) is 9.75. The minimum absolute atomic E-state index is 0.265. The van der Waals surface area contributed by atoms with Crippen LogP contribution in [-0.4, -0.2) is 26.4 Å². The number of hydrogen-bond acceptors (Lipinski definition) is 5. The molecule has 1 aromatic carbocycles. The van der Waals surface area contributed by atoms with Crippen LogP contribution in [0.3, 0.4) is 0 Å². The van der Waals surface area contributed by atoms with Crippen molar-refractivity contribution in [3.63, 3.8) is 0 Å². The number of benzene rings is 1. The highest BCUT2D eigenvalue weighted by atomic mass is 16.7. The van der Waals surface area contributed by atoms with Gasteiger partial charge in [-0.25, -0.2) is 9.50 Å². The second kappa shape index (κ2) is 5.06. The van der Waals surface area contributed by atoms with E-state index in [1.54, 1.807) is 16.9 Å². The first-order valence-corrected chi connectivity index (χ1v) is 7.52. The molecule has 0 fully saturated rings. The van der Waals surface area contributed by atoms with Crippen LogP contribution in [-0.2, 0) is 0 Å². The lowest BCUT2D eigenvalue weighted by molar-refractivity contribution is 0.174. The van der Waals surface area contributed by atoms with Crippen LogP contribution in [0.1, 0.15) is 0 Å². The molecule has 0 spiro atoms. The molecule has 4 heterocycles. The maximum absolute atomic E-state index is 5.45. The molecule has 1 aliphatic rings. The predicted octanol–water partition coefficient (Wildman–Crippen LogP) is 3.19. The van der Waals surface area contributed by atoms with Crippen molar-refractivity contribution in [3.05, 3.63) is 61.3 Å². The zero-order valence-corrected chi connectivity index (χ0v) is 12.6. The van der Waals surface area contributed by atoms with Crippen LogP contribution >= 0.6 is 0 Å². The Balaban J connectivity index is 1.61. The van der Waals surface area contributed by atoms with Gasteiger partial charge in [0.2, 0.25) is 6.79 Å². The quantitative estimate of drug-likeness (QED) is 0.568. The van der Waals surface area contributed by atoms with Gasteiger partial charge in [-0.1, -0.05) is 6.07 Å². The SMILES string of the molecule is c1cc(-c2cnc3c(-c4ccc5c(c4)OCO5)cnn3c2)ccn1. The monoisotopic (exact) mass is 316 g/mol. The van der Waals surface area contributed by atoms with Crippen LogP contribution in [0.5, 0.6) is 11.5 Å². The molecule has 6 heteroatoms. The van der Waals surface area contributed by atoms with Crippen molar-refractivity contribution in [3.8, 4) is 33.8 Å². The van der Waals surface area contributed by atoms with Crippen molar-refractivity contribution in [1.29, 1.82) is 0 Å². The lowest BCUT2D eigenvalue weighted by Gasteiger charge is -2.03. The molecule has 0 saturated carbocycles. The smallest absolute Gasteiger partial charge is 0.231 e. The molecule has 0 amide bonds. The zero-order chi connectivity index (χ0) is 15.9. The normalized spacial score (nSPS) is 12.7. The van der Waals surface area contributed by atoms with Crippen LogP contribution in [0.25, 0.3) is 27.9 Å². The van der Waals surface area contributed by atoms with Crippen LogP contribution in [0, 0.1) is 0 Å². The van der Waals surface area contributed by atoms with E-state index in [0.717, 1.165) is 39.4 Å². The van der Waals surface area contributed by atoms with E-state index in [1.807, 2.05) is 48.9 Å². The number of ether oxygens (including phenoxy) is 2. The van der Waals surface area contributed by atoms with E-state index in [1.165, 1.54) is 0 Å². The van der Waals surface area contributed by atoms with E-state index in [0.29, 0.717) is 0 Å². The fourth-order valence-corrected chi connectivity index (χ4v) is 2.84. The zero-order valence-electron chi connectivity index (χ0n) is 12.6. The Labute approximate surface area is 137 Å². The first kappa shape index (κ1) is 13.1. The van der Waals surface area contributed by atoms with Crippen LogP contribution < -0.4 is 9.47 Å². The van der Waals surface area contributed by atoms with Gasteiger partial charge in [0.1, 0.15) is 0 Å². The summed E-state index contributed by atoms with van der Waals surface area (Å²) in [5.74, 6) is 1.52. The Morgan fingerprint density at radius 2 is 1.75 bits per heavy atom. The molecule has 0 bridgehead atoms. The maximum atomic E-state index is 5.45. The van der Waals surface area contributed by atoms with Gasteiger partial charge >= 0.3 is 0 Å². The second-order valence-corrected chi connectivity index (χ2v) is 5.47. The summed E-state index contributed by atoms with van der Waals surface area (Å²) >= 11 is 0. The van der Waals surface area contributed by atoms with Crippen LogP contribution in [0.2, 0.25) is 0 Å². The summed E-state index contributed by atoms with van der Waals surface area (Å²) in [6.45, 7) is 0.265. The summed E-state index contributed by atoms with van der Waals surface area (Å²) < 4.78 is 12.6. The molecular formula is C18H12N4O2. The lowest BCUT2D eigenvalue weighted by Crippen LogP contribution is -1.93. The van der Waals surface area contributed by atoms with Crippen molar-refractivity contribution < 1.29 is 9.47 Å². The molecule has 0 atom stereocenters. The van der Waals surface area contributed by atoms with Crippen molar-refractivity contribution in [2.75, 3.05) is 6.79 Å². The molecule has 0 aliphatic carbocycles. The average molecular weight is 316 g/mol. The summed E-state index contributed by atoms with van der Waals surface area (Å²) in [5.41, 5.74) is 4.80.